The maximum absolute atomic E-state index is 5.94. The summed E-state index contributed by atoms with van der Waals surface area (Å²) in [6, 6.07) is 2.06. The van der Waals surface area contributed by atoms with E-state index in [0.717, 1.165) is 28.5 Å². The Bertz CT molecular complexity index is 286. The molecule has 86 valence electrons. The van der Waals surface area contributed by atoms with Crippen molar-refractivity contribution in [3.8, 4) is 0 Å². The standard InChI is InChI=1S/C10H15BrClNOS/c1-7(6-14-2)4-13-5-8-3-9(11)10(12)15-8/h3,7,13H,4-6H2,1-2H3. The zero-order chi connectivity index (χ0) is 11.3. The molecule has 0 amide bonds. The van der Waals surface area contributed by atoms with E-state index in [1.807, 2.05) is 0 Å². The van der Waals surface area contributed by atoms with Crippen LogP contribution in [0.4, 0.5) is 0 Å². The molecule has 0 aliphatic carbocycles. The van der Waals surface area contributed by atoms with Gasteiger partial charge in [0, 0.05) is 36.2 Å². The van der Waals surface area contributed by atoms with Gasteiger partial charge in [-0.2, -0.15) is 0 Å². The van der Waals surface area contributed by atoms with Crippen LogP contribution in [-0.2, 0) is 11.3 Å². The van der Waals surface area contributed by atoms with E-state index in [4.69, 9.17) is 16.3 Å². The van der Waals surface area contributed by atoms with Crippen LogP contribution in [0, 0.1) is 5.92 Å². The molecule has 1 atom stereocenters. The first-order valence-corrected chi connectivity index (χ1v) is 6.75. The number of nitrogens with one attached hydrogen (secondary N) is 1. The summed E-state index contributed by atoms with van der Waals surface area (Å²) in [7, 11) is 1.73. The van der Waals surface area contributed by atoms with E-state index in [1.165, 1.54) is 4.88 Å². The van der Waals surface area contributed by atoms with Gasteiger partial charge in [0.15, 0.2) is 0 Å². The zero-order valence-corrected chi connectivity index (χ0v) is 12.0. The van der Waals surface area contributed by atoms with Crippen molar-refractivity contribution < 1.29 is 4.74 Å². The van der Waals surface area contributed by atoms with Gasteiger partial charge in [-0.25, -0.2) is 0 Å². The summed E-state index contributed by atoms with van der Waals surface area (Å²) >= 11 is 10.9. The van der Waals surface area contributed by atoms with Gasteiger partial charge in [-0.05, 0) is 27.9 Å². The molecule has 1 rings (SSSR count). The largest absolute Gasteiger partial charge is 0.384 e. The minimum Gasteiger partial charge on any atom is -0.384 e. The smallest absolute Gasteiger partial charge is 0.107 e. The summed E-state index contributed by atoms with van der Waals surface area (Å²) in [5, 5.41) is 3.38. The average molecular weight is 313 g/mol. The summed E-state index contributed by atoms with van der Waals surface area (Å²) in [6.07, 6.45) is 0. The van der Waals surface area contributed by atoms with Crippen molar-refractivity contribution in [2.75, 3.05) is 20.3 Å². The number of methoxy groups -OCH3 is 1. The molecule has 0 radical (unpaired) electrons. The Morgan fingerprint density at radius 3 is 2.93 bits per heavy atom. The molecule has 1 unspecified atom stereocenters. The van der Waals surface area contributed by atoms with Gasteiger partial charge in [-0.1, -0.05) is 18.5 Å². The predicted molar refractivity (Wildman–Crippen MR) is 69.8 cm³/mol. The van der Waals surface area contributed by atoms with Crippen LogP contribution in [0.15, 0.2) is 10.5 Å². The molecule has 0 aliphatic heterocycles. The second kappa shape index (κ2) is 6.86. The zero-order valence-electron chi connectivity index (χ0n) is 8.85. The molecule has 0 bridgehead atoms. The van der Waals surface area contributed by atoms with Crippen LogP contribution in [0.5, 0.6) is 0 Å². The Hall–Kier alpha value is 0.390. The van der Waals surface area contributed by atoms with Crippen LogP contribution in [0.25, 0.3) is 0 Å². The molecule has 0 saturated carbocycles. The SMILES string of the molecule is COCC(C)CNCc1cc(Br)c(Cl)s1. The minimum absolute atomic E-state index is 0.536. The first-order valence-electron chi connectivity index (χ1n) is 4.76. The quantitative estimate of drug-likeness (QED) is 0.867. The summed E-state index contributed by atoms with van der Waals surface area (Å²) in [5.74, 6) is 0.536. The molecular weight excluding hydrogens is 298 g/mol. The van der Waals surface area contributed by atoms with Crippen molar-refractivity contribution in [2.45, 2.75) is 13.5 Å². The molecule has 1 N–H and O–H groups in total. The molecule has 1 heterocycles. The van der Waals surface area contributed by atoms with Gasteiger partial charge in [0.2, 0.25) is 0 Å². The van der Waals surface area contributed by atoms with Crippen LogP contribution in [0.1, 0.15) is 11.8 Å². The van der Waals surface area contributed by atoms with E-state index in [0.29, 0.717) is 5.92 Å². The lowest BCUT2D eigenvalue weighted by Gasteiger charge is -2.10. The second-order valence-corrected chi connectivity index (χ2v) is 6.12. The van der Waals surface area contributed by atoms with Crippen molar-refractivity contribution in [1.29, 1.82) is 0 Å². The number of hydrogen-bond acceptors (Lipinski definition) is 3. The molecule has 0 aromatic carbocycles. The van der Waals surface area contributed by atoms with E-state index in [-0.39, 0.29) is 0 Å². The fraction of sp³-hybridized carbons (Fsp3) is 0.600. The maximum atomic E-state index is 5.94. The number of thiophene rings is 1. The van der Waals surface area contributed by atoms with Gasteiger partial charge < -0.3 is 10.1 Å². The summed E-state index contributed by atoms with van der Waals surface area (Å²) < 4.78 is 6.86. The van der Waals surface area contributed by atoms with Crippen molar-refractivity contribution in [2.24, 2.45) is 5.92 Å². The topological polar surface area (TPSA) is 21.3 Å². The Labute approximate surface area is 108 Å². The second-order valence-electron chi connectivity index (χ2n) is 3.53. The van der Waals surface area contributed by atoms with Gasteiger partial charge >= 0.3 is 0 Å². The molecule has 1 aromatic rings. The molecule has 0 fully saturated rings. The van der Waals surface area contributed by atoms with Gasteiger partial charge in [-0.15, -0.1) is 11.3 Å². The van der Waals surface area contributed by atoms with Crippen molar-refractivity contribution in [3.63, 3.8) is 0 Å². The molecule has 15 heavy (non-hydrogen) atoms. The first kappa shape index (κ1) is 13.5. The molecular formula is C10H15BrClNOS. The van der Waals surface area contributed by atoms with E-state index in [1.54, 1.807) is 18.4 Å². The molecule has 0 saturated heterocycles. The van der Waals surface area contributed by atoms with E-state index < -0.39 is 0 Å². The average Bonchev–Trinajstić information content (AvgIpc) is 2.46. The van der Waals surface area contributed by atoms with E-state index in [9.17, 15) is 0 Å². The fourth-order valence-corrected chi connectivity index (χ4v) is 3.02. The lowest BCUT2D eigenvalue weighted by atomic mass is 10.2. The van der Waals surface area contributed by atoms with Gasteiger partial charge in [0.25, 0.3) is 0 Å². The highest BCUT2D eigenvalue weighted by Crippen LogP contribution is 2.31. The van der Waals surface area contributed by atoms with Crippen LogP contribution >= 0.6 is 38.9 Å². The van der Waals surface area contributed by atoms with Crippen LogP contribution in [-0.4, -0.2) is 20.3 Å². The van der Waals surface area contributed by atoms with Crippen LogP contribution in [0.2, 0.25) is 4.34 Å². The van der Waals surface area contributed by atoms with E-state index >= 15 is 0 Å². The lowest BCUT2D eigenvalue weighted by Crippen LogP contribution is -2.22. The van der Waals surface area contributed by atoms with Gasteiger partial charge in [-0.3, -0.25) is 0 Å². The van der Waals surface area contributed by atoms with E-state index in [2.05, 4.69) is 34.2 Å². The molecule has 0 aliphatic rings. The monoisotopic (exact) mass is 311 g/mol. The normalized spacial score (nSPS) is 13.1. The van der Waals surface area contributed by atoms with Crippen molar-refractivity contribution in [1.82, 2.24) is 5.32 Å². The van der Waals surface area contributed by atoms with Crippen molar-refractivity contribution in [3.05, 3.63) is 19.8 Å². The van der Waals surface area contributed by atoms with Gasteiger partial charge in [0.1, 0.15) is 4.34 Å². The van der Waals surface area contributed by atoms with Crippen LogP contribution in [0.3, 0.4) is 0 Å². The number of hydrogen-bond donors (Lipinski definition) is 1. The third-order valence-electron chi connectivity index (χ3n) is 1.94. The highest BCUT2D eigenvalue weighted by Gasteiger charge is 2.05. The van der Waals surface area contributed by atoms with Crippen LogP contribution < -0.4 is 5.32 Å². The number of rotatable bonds is 6. The highest BCUT2D eigenvalue weighted by molar-refractivity contribution is 9.10. The Morgan fingerprint density at radius 1 is 1.67 bits per heavy atom. The molecule has 0 spiro atoms. The first-order chi connectivity index (χ1) is 7.13. The summed E-state index contributed by atoms with van der Waals surface area (Å²) in [5.41, 5.74) is 0. The number of halogens is 2. The number of ether oxygens (including phenoxy) is 1. The van der Waals surface area contributed by atoms with Crippen molar-refractivity contribution >= 4 is 38.9 Å². The summed E-state index contributed by atoms with van der Waals surface area (Å²) in [4.78, 5) is 1.25. The molecule has 2 nitrogen and oxygen atoms in total. The highest BCUT2D eigenvalue weighted by atomic mass is 79.9. The maximum Gasteiger partial charge on any atom is 0.107 e. The third-order valence-corrected chi connectivity index (χ3v) is 4.41. The Morgan fingerprint density at radius 2 is 2.40 bits per heavy atom. The predicted octanol–water partition coefficient (Wildman–Crippen LogP) is 3.54. The van der Waals surface area contributed by atoms with Gasteiger partial charge in [0.05, 0.1) is 0 Å². The fourth-order valence-electron chi connectivity index (χ4n) is 1.26. The summed E-state index contributed by atoms with van der Waals surface area (Å²) in [6.45, 7) is 4.78. The Kier molecular flexibility index (Phi) is 6.16. The third kappa shape index (κ3) is 4.83. The molecule has 5 heteroatoms. The Balaban J connectivity index is 2.25. The molecule has 1 aromatic heterocycles. The minimum atomic E-state index is 0.536. The lowest BCUT2D eigenvalue weighted by molar-refractivity contribution is 0.158.